The van der Waals surface area contributed by atoms with Gasteiger partial charge in [0.1, 0.15) is 5.76 Å². The first-order valence-corrected chi connectivity index (χ1v) is 9.58. The molecule has 0 aliphatic carbocycles. The summed E-state index contributed by atoms with van der Waals surface area (Å²) in [5, 5.41) is 7.42. The highest BCUT2D eigenvalue weighted by Gasteiger charge is 2.10. The molecule has 3 aromatic rings. The maximum absolute atomic E-state index is 5.93. The smallest absolute Gasteiger partial charge is 0.191 e. The Kier molecular flexibility index (Phi) is 6.62. The van der Waals surface area contributed by atoms with Crippen molar-refractivity contribution in [2.75, 3.05) is 26.8 Å². The van der Waals surface area contributed by atoms with Crippen LogP contribution in [-0.2, 0) is 11.3 Å². The van der Waals surface area contributed by atoms with Crippen LogP contribution in [0.1, 0.15) is 19.1 Å². The van der Waals surface area contributed by atoms with Crippen LogP contribution in [0, 0.1) is 0 Å². The van der Waals surface area contributed by atoms with Gasteiger partial charge in [-0.25, -0.2) is 4.98 Å². The lowest BCUT2D eigenvalue weighted by molar-refractivity contribution is 0.145. The van der Waals surface area contributed by atoms with Gasteiger partial charge in [-0.15, -0.1) is 11.3 Å². The summed E-state index contributed by atoms with van der Waals surface area (Å²) in [6.45, 7) is 4.89. The zero-order valence-electron chi connectivity index (χ0n) is 15.1. The summed E-state index contributed by atoms with van der Waals surface area (Å²) in [5.41, 5.74) is 1.00. The number of hydrogen-bond acceptors (Lipinski definition) is 5. The van der Waals surface area contributed by atoms with E-state index in [1.807, 2.05) is 37.3 Å². The molecule has 3 rings (SSSR count). The van der Waals surface area contributed by atoms with Gasteiger partial charge in [-0.2, -0.15) is 0 Å². The molecule has 26 heavy (non-hydrogen) atoms. The van der Waals surface area contributed by atoms with Gasteiger partial charge in [0.15, 0.2) is 16.7 Å². The zero-order valence-corrected chi connectivity index (χ0v) is 15.9. The molecule has 0 radical (unpaired) electrons. The highest BCUT2D eigenvalue weighted by atomic mass is 32.1. The Bertz CT molecular complexity index is 823. The van der Waals surface area contributed by atoms with E-state index in [-0.39, 0.29) is 0 Å². The molecule has 0 aliphatic rings. The first-order chi connectivity index (χ1) is 12.8. The predicted molar refractivity (Wildman–Crippen MR) is 107 cm³/mol. The van der Waals surface area contributed by atoms with Crippen molar-refractivity contribution in [2.45, 2.75) is 19.9 Å². The average Bonchev–Trinajstić information content (AvgIpc) is 3.30. The van der Waals surface area contributed by atoms with Gasteiger partial charge in [0, 0.05) is 26.8 Å². The number of furan rings is 1. The second-order valence-electron chi connectivity index (χ2n) is 5.66. The summed E-state index contributed by atoms with van der Waals surface area (Å²) in [5.74, 6) is 2.39. The number of nitrogens with one attached hydrogen (secondary N) is 2. The largest absolute Gasteiger partial charge is 0.457 e. The number of ether oxygens (including phenoxy) is 1. The van der Waals surface area contributed by atoms with Crippen molar-refractivity contribution >= 4 is 27.5 Å². The first-order valence-electron chi connectivity index (χ1n) is 8.77. The molecule has 2 N–H and O–H groups in total. The molecule has 7 heteroatoms. The monoisotopic (exact) mass is 372 g/mol. The van der Waals surface area contributed by atoms with E-state index in [1.165, 1.54) is 0 Å². The van der Waals surface area contributed by atoms with E-state index in [2.05, 4.69) is 26.7 Å². The SMILES string of the molecule is CCOCCCNC(=NC)NCc1ccc(-c2nc3ccccc3s2)o1. The maximum atomic E-state index is 5.93. The summed E-state index contributed by atoms with van der Waals surface area (Å²) in [4.78, 5) is 8.85. The molecule has 0 bridgehead atoms. The van der Waals surface area contributed by atoms with Crippen molar-refractivity contribution in [3.05, 3.63) is 42.2 Å². The minimum Gasteiger partial charge on any atom is -0.457 e. The molecule has 0 amide bonds. The number of aliphatic imine (C=N–C) groups is 1. The van der Waals surface area contributed by atoms with Gasteiger partial charge >= 0.3 is 0 Å². The molecule has 2 heterocycles. The molecular weight excluding hydrogens is 348 g/mol. The molecule has 0 saturated carbocycles. The average molecular weight is 372 g/mol. The van der Waals surface area contributed by atoms with Gasteiger partial charge in [-0.1, -0.05) is 12.1 Å². The minimum absolute atomic E-state index is 0.566. The van der Waals surface area contributed by atoms with E-state index in [0.29, 0.717) is 6.54 Å². The molecule has 6 nitrogen and oxygen atoms in total. The molecule has 138 valence electrons. The third-order valence-corrected chi connectivity index (χ3v) is 4.83. The van der Waals surface area contributed by atoms with Gasteiger partial charge in [-0.3, -0.25) is 4.99 Å². The van der Waals surface area contributed by atoms with E-state index in [1.54, 1.807) is 18.4 Å². The Morgan fingerprint density at radius 3 is 2.92 bits per heavy atom. The van der Waals surface area contributed by atoms with E-state index >= 15 is 0 Å². The third kappa shape index (κ3) is 4.83. The standard InChI is InChI=1S/C19H24N4O2S/c1-3-24-12-6-11-21-19(20-2)22-13-14-9-10-16(25-14)18-23-15-7-4-5-8-17(15)26-18/h4-5,7-10H,3,6,11-13H2,1-2H3,(H2,20,21,22). The maximum Gasteiger partial charge on any atom is 0.191 e. The lowest BCUT2D eigenvalue weighted by Gasteiger charge is -2.10. The van der Waals surface area contributed by atoms with Crippen molar-refractivity contribution in [1.29, 1.82) is 0 Å². The number of thiazole rings is 1. The molecule has 0 saturated heterocycles. The van der Waals surface area contributed by atoms with Crippen LogP contribution in [-0.4, -0.2) is 37.7 Å². The van der Waals surface area contributed by atoms with Crippen LogP contribution in [0.25, 0.3) is 21.0 Å². The highest BCUT2D eigenvalue weighted by molar-refractivity contribution is 7.21. The van der Waals surface area contributed by atoms with Crippen LogP contribution in [0.4, 0.5) is 0 Å². The molecule has 1 aromatic carbocycles. The number of benzene rings is 1. The van der Waals surface area contributed by atoms with Gasteiger partial charge in [0.05, 0.1) is 16.8 Å². The second-order valence-corrected chi connectivity index (χ2v) is 6.69. The van der Waals surface area contributed by atoms with Crippen LogP contribution in [0.15, 0.2) is 45.8 Å². The van der Waals surface area contributed by atoms with Gasteiger partial charge < -0.3 is 19.8 Å². The Morgan fingerprint density at radius 1 is 1.23 bits per heavy atom. The number of guanidine groups is 1. The predicted octanol–water partition coefficient (Wildman–Crippen LogP) is 3.65. The Morgan fingerprint density at radius 2 is 2.12 bits per heavy atom. The van der Waals surface area contributed by atoms with Crippen molar-refractivity contribution in [3.8, 4) is 10.8 Å². The quantitative estimate of drug-likeness (QED) is 0.359. The van der Waals surface area contributed by atoms with Gasteiger partial charge in [0.2, 0.25) is 0 Å². The van der Waals surface area contributed by atoms with E-state index in [9.17, 15) is 0 Å². The molecule has 0 spiro atoms. The van der Waals surface area contributed by atoms with Gasteiger partial charge in [0.25, 0.3) is 0 Å². The summed E-state index contributed by atoms with van der Waals surface area (Å²) >= 11 is 1.64. The Hall–Kier alpha value is -2.38. The fraction of sp³-hybridized carbons (Fsp3) is 0.368. The van der Waals surface area contributed by atoms with Gasteiger partial charge in [-0.05, 0) is 37.6 Å². The van der Waals surface area contributed by atoms with Crippen molar-refractivity contribution in [1.82, 2.24) is 15.6 Å². The molecule has 0 unspecified atom stereocenters. The summed E-state index contributed by atoms with van der Waals surface area (Å²) < 4.78 is 12.4. The number of rotatable bonds is 8. The van der Waals surface area contributed by atoms with E-state index < -0.39 is 0 Å². The number of aromatic nitrogens is 1. The van der Waals surface area contributed by atoms with E-state index in [0.717, 1.165) is 58.9 Å². The number of hydrogen-bond donors (Lipinski definition) is 2. The fourth-order valence-electron chi connectivity index (χ4n) is 2.48. The summed E-state index contributed by atoms with van der Waals surface area (Å²) in [6, 6.07) is 12.0. The third-order valence-electron chi connectivity index (χ3n) is 3.78. The Balaban J connectivity index is 1.53. The highest BCUT2D eigenvalue weighted by Crippen LogP contribution is 2.30. The van der Waals surface area contributed by atoms with Crippen LogP contribution in [0.5, 0.6) is 0 Å². The zero-order chi connectivity index (χ0) is 18.2. The minimum atomic E-state index is 0.566. The summed E-state index contributed by atoms with van der Waals surface area (Å²) in [7, 11) is 1.76. The first kappa shape index (κ1) is 18.4. The topological polar surface area (TPSA) is 71.7 Å². The molecule has 0 aliphatic heterocycles. The van der Waals surface area contributed by atoms with Crippen LogP contribution in [0.2, 0.25) is 0 Å². The second kappa shape index (κ2) is 9.35. The van der Waals surface area contributed by atoms with Crippen LogP contribution < -0.4 is 10.6 Å². The normalized spacial score (nSPS) is 11.8. The number of para-hydroxylation sites is 1. The number of nitrogens with zero attached hydrogens (tertiary/aromatic N) is 2. The van der Waals surface area contributed by atoms with Crippen molar-refractivity contribution in [2.24, 2.45) is 4.99 Å². The van der Waals surface area contributed by atoms with Crippen LogP contribution in [0.3, 0.4) is 0 Å². The fourth-order valence-corrected chi connectivity index (χ4v) is 3.41. The molecule has 0 atom stereocenters. The van der Waals surface area contributed by atoms with E-state index in [4.69, 9.17) is 9.15 Å². The number of fused-ring (bicyclic) bond motifs is 1. The lowest BCUT2D eigenvalue weighted by atomic mass is 10.3. The molecular formula is C19H24N4O2S. The molecule has 0 fully saturated rings. The Labute approximate surface area is 157 Å². The van der Waals surface area contributed by atoms with Crippen LogP contribution >= 0.6 is 11.3 Å². The summed E-state index contributed by atoms with van der Waals surface area (Å²) in [6.07, 6.45) is 0.942. The van der Waals surface area contributed by atoms with Crippen molar-refractivity contribution in [3.63, 3.8) is 0 Å². The molecule has 2 aromatic heterocycles. The van der Waals surface area contributed by atoms with Crippen molar-refractivity contribution < 1.29 is 9.15 Å². The lowest BCUT2D eigenvalue weighted by Crippen LogP contribution is -2.37.